The molecule has 3 saturated heterocycles. The molecule has 0 aliphatic carbocycles. The molecule has 2 aromatic carbocycles. The lowest BCUT2D eigenvalue weighted by Gasteiger charge is -2.29. The Morgan fingerprint density at radius 1 is 0.964 bits per heavy atom. The van der Waals surface area contributed by atoms with Gasteiger partial charge in [-0.2, -0.15) is 0 Å². The zero-order valence-electron chi connectivity index (χ0n) is 15.4. The van der Waals surface area contributed by atoms with Crippen LogP contribution in [0.2, 0.25) is 0 Å². The number of ether oxygens (including phenoxy) is 1. The van der Waals surface area contributed by atoms with E-state index >= 15 is 0 Å². The largest absolute Gasteiger partial charge is 0.497 e. The predicted octanol–water partition coefficient (Wildman–Crippen LogP) is 2.99. The Labute approximate surface area is 171 Å². The number of amides is 2. The van der Waals surface area contributed by atoms with E-state index in [4.69, 9.17) is 4.74 Å². The van der Waals surface area contributed by atoms with E-state index in [1.54, 1.807) is 7.11 Å². The van der Waals surface area contributed by atoms with Crippen LogP contribution in [-0.2, 0) is 9.59 Å². The molecule has 0 radical (unpaired) electrons. The maximum absolute atomic E-state index is 13.5. The number of hydrazine groups is 1. The van der Waals surface area contributed by atoms with Gasteiger partial charge in [-0.1, -0.05) is 34.1 Å². The second-order valence-electron chi connectivity index (χ2n) is 7.36. The maximum Gasteiger partial charge on any atom is 0.253 e. The van der Waals surface area contributed by atoms with Crippen molar-refractivity contribution < 1.29 is 14.3 Å². The first kappa shape index (κ1) is 17.8. The number of halogens is 1. The zero-order chi connectivity index (χ0) is 19.4. The van der Waals surface area contributed by atoms with Crippen LogP contribution in [0.3, 0.4) is 0 Å². The van der Waals surface area contributed by atoms with Crippen LogP contribution in [0.1, 0.15) is 18.0 Å². The van der Waals surface area contributed by atoms with Crippen LogP contribution in [0, 0.1) is 5.92 Å². The summed E-state index contributed by atoms with van der Waals surface area (Å²) in [5.74, 6) is 0.126. The highest BCUT2D eigenvalue weighted by molar-refractivity contribution is 9.10. The number of hydrogen-bond acceptors (Lipinski definition) is 5. The minimum atomic E-state index is -0.430. The fourth-order valence-corrected chi connectivity index (χ4v) is 5.17. The summed E-state index contributed by atoms with van der Waals surface area (Å²) in [5, 5.41) is 4.32. The van der Waals surface area contributed by atoms with Crippen molar-refractivity contribution in [2.75, 3.05) is 25.1 Å². The predicted molar refractivity (Wildman–Crippen MR) is 108 cm³/mol. The summed E-state index contributed by atoms with van der Waals surface area (Å²) in [7, 11) is 1.64. The molecule has 0 N–H and O–H groups in total. The van der Waals surface area contributed by atoms with Gasteiger partial charge in [0.25, 0.3) is 5.91 Å². The van der Waals surface area contributed by atoms with Crippen molar-refractivity contribution in [1.29, 1.82) is 0 Å². The Balaban J connectivity index is 1.56. The van der Waals surface area contributed by atoms with Gasteiger partial charge in [0.1, 0.15) is 11.8 Å². The second kappa shape index (κ2) is 6.69. The summed E-state index contributed by atoms with van der Waals surface area (Å²) < 4.78 is 6.12. The standard InChI is InChI=1S/C21H20BrN3O3/c1-28-16-8-6-13(7-9-16)18-17-19(24-11-3-10-23(18)24)21(27)25(20(17)26)15-5-2-4-14(22)12-15/h2,4-9,12,17-19H,3,10-11H2,1H3/t17-,18-,19+/m0/s1. The van der Waals surface area contributed by atoms with E-state index in [0.717, 1.165) is 35.3 Å². The highest BCUT2D eigenvalue weighted by atomic mass is 79.9. The lowest BCUT2D eigenvalue weighted by Crippen LogP contribution is -2.44. The van der Waals surface area contributed by atoms with Crippen molar-refractivity contribution in [3.05, 3.63) is 58.6 Å². The molecular weight excluding hydrogens is 422 g/mol. The number of imide groups is 1. The third-order valence-corrected chi connectivity index (χ3v) is 6.42. The Morgan fingerprint density at radius 2 is 1.68 bits per heavy atom. The maximum atomic E-state index is 13.5. The molecule has 3 heterocycles. The van der Waals surface area contributed by atoms with Gasteiger partial charge in [0.15, 0.2) is 0 Å². The molecule has 0 spiro atoms. The number of nitrogens with zero attached hydrogens (tertiary/aromatic N) is 3. The number of carbonyl (C=O) groups excluding carboxylic acids is 2. The summed E-state index contributed by atoms with van der Waals surface area (Å²) in [5.41, 5.74) is 1.66. The molecule has 144 valence electrons. The van der Waals surface area contributed by atoms with Gasteiger partial charge < -0.3 is 4.74 Å². The molecule has 2 amide bonds. The van der Waals surface area contributed by atoms with E-state index in [9.17, 15) is 9.59 Å². The first-order chi connectivity index (χ1) is 13.6. The van der Waals surface area contributed by atoms with E-state index in [1.807, 2.05) is 48.5 Å². The molecule has 0 saturated carbocycles. The smallest absolute Gasteiger partial charge is 0.253 e. The third-order valence-electron chi connectivity index (χ3n) is 5.93. The SMILES string of the molecule is COc1ccc([C@H]2[C@@H]3C(=O)N(c4cccc(Br)c4)C(=O)[C@@H]3N3CCCN23)cc1. The summed E-state index contributed by atoms with van der Waals surface area (Å²) >= 11 is 3.44. The summed E-state index contributed by atoms with van der Waals surface area (Å²) in [6.45, 7) is 1.67. The molecule has 3 fully saturated rings. The van der Waals surface area contributed by atoms with E-state index < -0.39 is 12.0 Å². The topological polar surface area (TPSA) is 53.1 Å². The van der Waals surface area contributed by atoms with E-state index in [2.05, 4.69) is 25.9 Å². The van der Waals surface area contributed by atoms with Gasteiger partial charge >= 0.3 is 0 Å². The lowest BCUT2D eigenvalue weighted by atomic mass is 9.90. The van der Waals surface area contributed by atoms with Crippen molar-refractivity contribution in [1.82, 2.24) is 10.0 Å². The van der Waals surface area contributed by atoms with E-state index in [0.29, 0.717) is 5.69 Å². The molecule has 7 heteroatoms. The highest BCUT2D eigenvalue weighted by Crippen LogP contribution is 2.49. The van der Waals surface area contributed by atoms with Crippen molar-refractivity contribution in [3.63, 3.8) is 0 Å². The van der Waals surface area contributed by atoms with Gasteiger partial charge in [0, 0.05) is 17.6 Å². The monoisotopic (exact) mass is 441 g/mol. The van der Waals surface area contributed by atoms with Crippen molar-refractivity contribution >= 4 is 33.4 Å². The summed E-state index contributed by atoms with van der Waals surface area (Å²) in [6, 6.07) is 14.6. The van der Waals surface area contributed by atoms with Gasteiger partial charge in [-0.25, -0.2) is 14.9 Å². The zero-order valence-corrected chi connectivity index (χ0v) is 17.0. The number of benzene rings is 2. The molecule has 28 heavy (non-hydrogen) atoms. The Bertz CT molecular complexity index is 948. The van der Waals surface area contributed by atoms with Gasteiger partial charge in [-0.05, 0) is 42.3 Å². The molecule has 3 aliphatic rings. The van der Waals surface area contributed by atoms with Gasteiger partial charge in [0.05, 0.1) is 24.8 Å². The molecule has 5 rings (SSSR count). The lowest BCUT2D eigenvalue weighted by molar-refractivity contribution is -0.126. The van der Waals surface area contributed by atoms with Crippen molar-refractivity contribution in [3.8, 4) is 5.75 Å². The first-order valence-corrected chi connectivity index (χ1v) is 10.2. The van der Waals surface area contributed by atoms with Crippen molar-refractivity contribution in [2.24, 2.45) is 5.92 Å². The molecule has 3 aliphatic heterocycles. The van der Waals surface area contributed by atoms with Crippen LogP contribution >= 0.6 is 15.9 Å². The highest BCUT2D eigenvalue weighted by Gasteiger charge is 2.62. The third kappa shape index (κ3) is 2.53. The number of hydrogen-bond donors (Lipinski definition) is 0. The Kier molecular flexibility index (Phi) is 4.26. The summed E-state index contributed by atoms with van der Waals surface area (Å²) in [4.78, 5) is 28.2. The van der Waals surface area contributed by atoms with Crippen molar-refractivity contribution in [2.45, 2.75) is 18.5 Å². The minimum Gasteiger partial charge on any atom is -0.497 e. The van der Waals surface area contributed by atoms with Crippen LogP contribution in [0.25, 0.3) is 0 Å². The van der Waals surface area contributed by atoms with E-state index in [1.165, 1.54) is 4.90 Å². The summed E-state index contributed by atoms with van der Waals surface area (Å²) in [6.07, 6.45) is 0.994. The van der Waals surface area contributed by atoms with Crippen LogP contribution in [0.4, 0.5) is 5.69 Å². The van der Waals surface area contributed by atoms with Crippen LogP contribution < -0.4 is 9.64 Å². The minimum absolute atomic E-state index is 0.122. The van der Waals surface area contributed by atoms with Gasteiger partial charge in [0.2, 0.25) is 5.91 Å². The molecule has 0 unspecified atom stereocenters. The fraction of sp³-hybridized carbons (Fsp3) is 0.333. The number of rotatable bonds is 3. The second-order valence-corrected chi connectivity index (χ2v) is 8.28. The Morgan fingerprint density at radius 3 is 2.36 bits per heavy atom. The van der Waals surface area contributed by atoms with Gasteiger partial charge in [-0.15, -0.1) is 0 Å². The number of anilines is 1. The number of carbonyl (C=O) groups is 2. The molecule has 0 bridgehead atoms. The van der Waals surface area contributed by atoms with E-state index in [-0.39, 0.29) is 17.9 Å². The quantitative estimate of drug-likeness (QED) is 0.685. The molecular formula is C21H20BrN3O3. The molecule has 6 nitrogen and oxygen atoms in total. The van der Waals surface area contributed by atoms with Gasteiger partial charge in [-0.3, -0.25) is 9.59 Å². The molecule has 2 aromatic rings. The fourth-order valence-electron chi connectivity index (χ4n) is 4.78. The average Bonchev–Trinajstić information content (AvgIpc) is 3.34. The molecule has 0 aromatic heterocycles. The number of fused-ring (bicyclic) bond motifs is 3. The average molecular weight is 442 g/mol. The Hall–Kier alpha value is -2.22. The normalized spacial score (nSPS) is 27.4. The van der Waals surface area contributed by atoms with Crippen LogP contribution in [-0.4, -0.2) is 48.1 Å². The van der Waals surface area contributed by atoms with Crippen LogP contribution in [0.15, 0.2) is 53.0 Å². The molecule has 3 atom stereocenters. The van der Waals surface area contributed by atoms with Crippen LogP contribution in [0.5, 0.6) is 5.75 Å². The number of methoxy groups -OCH3 is 1. The first-order valence-electron chi connectivity index (χ1n) is 9.40.